The summed E-state index contributed by atoms with van der Waals surface area (Å²) in [5.74, 6) is 0. The van der Waals surface area contributed by atoms with Gasteiger partial charge in [0.15, 0.2) is 0 Å². The van der Waals surface area contributed by atoms with Gasteiger partial charge in [0, 0.05) is 19.8 Å². The second-order valence-electron chi connectivity index (χ2n) is 3.55. The molecule has 1 fully saturated rings. The summed E-state index contributed by atoms with van der Waals surface area (Å²) in [7, 11) is 1.76. The Hall–Kier alpha value is -0.120. The predicted molar refractivity (Wildman–Crippen MR) is 52.9 cm³/mol. The van der Waals surface area contributed by atoms with Crippen LogP contribution in [0, 0.1) is 0 Å². The summed E-state index contributed by atoms with van der Waals surface area (Å²) in [5, 5.41) is 3.52. The first kappa shape index (κ1) is 11.0. The van der Waals surface area contributed by atoms with Gasteiger partial charge in [-0.15, -0.1) is 0 Å². The van der Waals surface area contributed by atoms with Gasteiger partial charge in [-0.3, -0.25) is 0 Å². The molecule has 2 atom stereocenters. The Bertz CT molecular complexity index is 130. The van der Waals surface area contributed by atoms with Crippen LogP contribution in [-0.2, 0) is 9.47 Å². The number of ether oxygens (including phenoxy) is 2. The van der Waals surface area contributed by atoms with E-state index in [4.69, 9.17) is 9.47 Å². The van der Waals surface area contributed by atoms with E-state index in [9.17, 15) is 0 Å². The Morgan fingerprint density at radius 2 is 2.38 bits per heavy atom. The highest BCUT2D eigenvalue weighted by Crippen LogP contribution is 2.10. The van der Waals surface area contributed by atoms with E-state index in [1.54, 1.807) is 7.11 Å². The molecule has 0 aromatic heterocycles. The number of hydrogen-bond acceptors (Lipinski definition) is 3. The molecule has 0 saturated carbocycles. The summed E-state index contributed by atoms with van der Waals surface area (Å²) in [6.07, 6.45) is 3.80. The first-order valence-electron chi connectivity index (χ1n) is 5.22. The highest BCUT2D eigenvalue weighted by atomic mass is 16.5. The van der Waals surface area contributed by atoms with Crippen LogP contribution >= 0.6 is 0 Å². The van der Waals surface area contributed by atoms with E-state index < -0.39 is 0 Å². The van der Waals surface area contributed by atoms with Crippen molar-refractivity contribution in [2.75, 3.05) is 26.9 Å². The molecule has 1 aliphatic heterocycles. The standard InChI is InChI=1S/C10H21NO2/c1-3-4-6-11-9-5-7-13-8-10(9)12-2/h9-11H,3-8H2,1-2H3/t9?,10-/m0/s1. The van der Waals surface area contributed by atoms with Crippen molar-refractivity contribution >= 4 is 0 Å². The zero-order valence-electron chi connectivity index (χ0n) is 8.71. The maximum Gasteiger partial charge on any atom is 0.0957 e. The zero-order chi connectivity index (χ0) is 9.52. The van der Waals surface area contributed by atoms with Gasteiger partial charge in [0.1, 0.15) is 0 Å². The normalized spacial score (nSPS) is 29.1. The molecule has 0 amide bonds. The third-order valence-electron chi connectivity index (χ3n) is 2.54. The van der Waals surface area contributed by atoms with Crippen LogP contribution in [-0.4, -0.2) is 39.0 Å². The summed E-state index contributed by atoms with van der Waals surface area (Å²) >= 11 is 0. The lowest BCUT2D eigenvalue weighted by atomic mass is 10.1. The van der Waals surface area contributed by atoms with Crippen molar-refractivity contribution in [1.29, 1.82) is 0 Å². The summed E-state index contributed by atoms with van der Waals surface area (Å²) in [6, 6.07) is 0.491. The molecule has 1 saturated heterocycles. The molecule has 13 heavy (non-hydrogen) atoms. The van der Waals surface area contributed by atoms with Gasteiger partial charge < -0.3 is 14.8 Å². The molecule has 1 rings (SSSR count). The number of nitrogens with one attached hydrogen (secondary N) is 1. The van der Waals surface area contributed by atoms with E-state index in [0.717, 1.165) is 26.2 Å². The summed E-state index contributed by atoms with van der Waals surface area (Å²) in [4.78, 5) is 0. The second kappa shape index (κ2) is 6.35. The molecule has 0 aromatic carbocycles. The van der Waals surface area contributed by atoms with Gasteiger partial charge >= 0.3 is 0 Å². The fourth-order valence-electron chi connectivity index (χ4n) is 1.64. The molecule has 1 N–H and O–H groups in total. The molecule has 0 aliphatic carbocycles. The number of unbranched alkanes of at least 4 members (excludes halogenated alkanes) is 1. The molecule has 1 heterocycles. The lowest BCUT2D eigenvalue weighted by Gasteiger charge is -2.31. The van der Waals surface area contributed by atoms with Crippen LogP contribution in [0.2, 0.25) is 0 Å². The molecule has 0 aromatic rings. The molecular weight excluding hydrogens is 166 g/mol. The summed E-state index contributed by atoms with van der Waals surface area (Å²) in [6.45, 7) is 4.91. The van der Waals surface area contributed by atoms with Gasteiger partial charge in [0.2, 0.25) is 0 Å². The smallest absolute Gasteiger partial charge is 0.0957 e. The first-order valence-corrected chi connectivity index (χ1v) is 5.22. The Kier molecular flexibility index (Phi) is 5.35. The maximum atomic E-state index is 5.35. The van der Waals surface area contributed by atoms with Gasteiger partial charge in [0.05, 0.1) is 12.7 Å². The van der Waals surface area contributed by atoms with Crippen molar-refractivity contribution in [1.82, 2.24) is 5.32 Å². The monoisotopic (exact) mass is 187 g/mol. The van der Waals surface area contributed by atoms with Gasteiger partial charge in [-0.25, -0.2) is 0 Å². The predicted octanol–water partition coefficient (Wildman–Crippen LogP) is 1.18. The molecular formula is C10H21NO2. The third kappa shape index (κ3) is 3.63. The average molecular weight is 187 g/mol. The van der Waals surface area contributed by atoms with Crippen molar-refractivity contribution in [3.8, 4) is 0 Å². The van der Waals surface area contributed by atoms with Crippen molar-refractivity contribution in [3.63, 3.8) is 0 Å². The van der Waals surface area contributed by atoms with E-state index in [1.165, 1.54) is 12.8 Å². The molecule has 1 aliphatic rings. The second-order valence-corrected chi connectivity index (χ2v) is 3.55. The highest BCUT2D eigenvalue weighted by molar-refractivity contribution is 4.79. The molecule has 78 valence electrons. The average Bonchev–Trinajstić information content (AvgIpc) is 2.19. The SMILES string of the molecule is CCCCNC1CCOC[C@@H]1OC. The van der Waals surface area contributed by atoms with Gasteiger partial charge in [0.25, 0.3) is 0 Å². The topological polar surface area (TPSA) is 30.5 Å². The Labute approximate surface area is 80.8 Å². The molecule has 1 unspecified atom stereocenters. The molecule has 0 spiro atoms. The van der Waals surface area contributed by atoms with E-state index in [0.29, 0.717) is 6.04 Å². The Morgan fingerprint density at radius 3 is 3.08 bits per heavy atom. The molecule has 3 nitrogen and oxygen atoms in total. The van der Waals surface area contributed by atoms with Crippen LogP contribution in [0.4, 0.5) is 0 Å². The van der Waals surface area contributed by atoms with Crippen LogP contribution < -0.4 is 5.32 Å². The first-order chi connectivity index (χ1) is 6.38. The van der Waals surface area contributed by atoms with E-state index >= 15 is 0 Å². The van der Waals surface area contributed by atoms with E-state index in [-0.39, 0.29) is 6.10 Å². The fraction of sp³-hybridized carbons (Fsp3) is 1.00. The fourth-order valence-corrected chi connectivity index (χ4v) is 1.64. The number of methoxy groups -OCH3 is 1. The molecule has 3 heteroatoms. The van der Waals surface area contributed by atoms with E-state index in [1.807, 2.05) is 0 Å². The van der Waals surface area contributed by atoms with Crippen LogP contribution in [0.1, 0.15) is 26.2 Å². The largest absolute Gasteiger partial charge is 0.379 e. The lowest BCUT2D eigenvalue weighted by Crippen LogP contribution is -2.47. The van der Waals surface area contributed by atoms with Crippen molar-refractivity contribution in [3.05, 3.63) is 0 Å². The number of rotatable bonds is 5. The van der Waals surface area contributed by atoms with Gasteiger partial charge in [-0.2, -0.15) is 0 Å². The van der Waals surface area contributed by atoms with Crippen molar-refractivity contribution in [2.45, 2.75) is 38.3 Å². The minimum Gasteiger partial charge on any atom is -0.379 e. The zero-order valence-corrected chi connectivity index (χ0v) is 8.71. The van der Waals surface area contributed by atoms with Crippen LogP contribution in [0.25, 0.3) is 0 Å². The summed E-state index contributed by atoms with van der Waals surface area (Å²) < 4.78 is 10.7. The number of hydrogen-bond donors (Lipinski definition) is 1. The Balaban J connectivity index is 2.19. The minimum absolute atomic E-state index is 0.241. The van der Waals surface area contributed by atoms with Crippen molar-refractivity contribution in [2.24, 2.45) is 0 Å². The molecule has 0 radical (unpaired) electrons. The Morgan fingerprint density at radius 1 is 1.54 bits per heavy atom. The maximum absolute atomic E-state index is 5.35. The summed E-state index contributed by atoms with van der Waals surface area (Å²) in [5.41, 5.74) is 0. The van der Waals surface area contributed by atoms with Crippen molar-refractivity contribution < 1.29 is 9.47 Å². The lowest BCUT2D eigenvalue weighted by molar-refractivity contribution is -0.0496. The van der Waals surface area contributed by atoms with Gasteiger partial charge in [-0.1, -0.05) is 13.3 Å². The minimum atomic E-state index is 0.241. The van der Waals surface area contributed by atoms with Crippen LogP contribution in [0.5, 0.6) is 0 Å². The highest BCUT2D eigenvalue weighted by Gasteiger charge is 2.24. The van der Waals surface area contributed by atoms with Gasteiger partial charge in [-0.05, 0) is 19.4 Å². The quantitative estimate of drug-likeness (QED) is 0.656. The van der Waals surface area contributed by atoms with Crippen LogP contribution in [0.3, 0.4) is 0 Å². The molecule has 0 bridgehead atoms. The van der Waals surface area contributed by atoms with E-state index in [2.05, 4.69) is 12.2 Å². The third-order valence-corrected chi connectivity index (χ3v) is 2.54. The van der Waals surface area contributed by atoms with Crippen LogP contribution in [0.15, 0.2) is 0 Å².